The summed E-state index contributed by atoms with van der Waals surface area (Å²) in [7, 11) is -9.95. The number of ether oxygens (including phenoxy) is 4. The van der Waals surface area contributed by atoms with Crippen molar-refractivity contribution in [1.29, 1.82) is 0 Å². The van der Waals surface area contributed by atoms with Gasteiger partial charge in [-0.1, -0.05) is 306 Å². The van der Waals surface area contributed by atoms with Crippen LogP contribution in [0.1, 0.15) is 349 Å². The largest absolute Gasteiger partial charge is 0.472 e. The number of phosphoric acid groups is 2. The molecule has 0 aromatic heterocycles. The van der Waals surface area contributed by atoms with Crippen molar-refractivity contribution in [1.82, 2.24) is 0 Å². The van der Waals surface area contributed by atoms with Gasteiger partial charge in [0.25, 0.3) is 0 Å². The summed E-state index contributed by atoms with van der Waals surface area (Å²) in [5, 5.41) is 10.6. The maximum Gasteiger partial charge on any atom is 0.472 e. The first kappa shape index (κ1) is 94.5. The molecule has 0 saturated carbocycles. The van der Waals surface area contributed by atoms with Gasteiger partial charge in [-0.05, 0) is 89.9 Å². The third-order valence-corrected chi connectivity index (χ3v) is 18.6. The van der Waals surface area contributed by atoms with Gasteiger partial charge in [-0.25, -0.2) is 9.13 Å². The first-order valence-electron chi connectivity index (χ1n) is 39.2. The van der Waals surface area contributed by atoms with Crippen molar-refractivity contribution in [3.63, 3.8) is 0 Å². The number of carbonyl (C=O) groups is 4. The molecule has 0 aliphatic heterocycles. The minimum absolute atomic E-state index is 0.0682. The van der Waals surface area contributed by atoms with E-state index in [2.05, 4.69) is 88.5 Å². The second-order valence-electron chi connectivity index (χ2n) is 26.3. The van der Waals surface area contributed by atoms with Gasteiger partial charge in [0.05, 0.1) is 26.4 Å². The average molecular weight is 1430 g/mol. The Labute approximate surface area is 596 Å². The normalized spacial score (nSPS) is 14.3. The fourth-order valence-corrected chi connectivity index (χ4v) is 12.3. The number of phosphoric ester groups is 2. The summed E-state index contributed by atoms with van der Waals surface area (Å²) in [6.07, 6.45) is 71.7. The third-order valence-electron chi connectivity index (χ3n) is 16.7. The van der Waals surface area contributed by atoms with Gasteiger partial charge < -0.3 is 33.8 Å². The Morgan fingerprint density at radius 3 is 0.898 bits per heavy atom. The van der Waals surface area contributed by atoms with Crippen LogP contribution < -0.4 is 0 Å². The first-order valence-corrected chi connectivity index (χ1v) is 42.2. The average Bonchev–Trinajstić information content (AvgIpc) is 1.05. The van der Waals surface area contributed by atoms with Gasteiger partial charge in [-0.2, -0.15) is 0 Å². The van der Waals surface area contributed by atoms with Crippen molar-refractivity contribution in [2.24, 2.45) is 0 Å². The number of aliphatic hydroxyl groups excluding tert-OH is 1. The maximum absolute atomic E-state index is 13.1. The Hall–Kier alpha value is -3.50. The van der Waals surface area contributed by atoms with Crippen LogP contribution in [0.15, 0.2) is 72.9 Å². The molecule has 5 atom stereocenters. The molecule has 0 heterocycles. The number of esters is 4. The lowest BCUT2D eigenvalue weighted by Gasteiger charge is -2.21. The summed E-state index contributed by atoms with van der Waals surface area (Å²) in [6, 6.07) is 0. The Balaban J connectivity index is 5.38. The molecular formula is C79H142O17P2. The number of unbranched alkanes of at least 4 members (excludes halogenated alkanes) is 37. The zero-order valence-electron chi connectivity index (χ0n) is 62.2. The predicted molar refractivity (Wildman–Crippen MR) is 400 cm³/mol. The lowest BCUT2D eigenvalue weighted by Crippen LogP contribution is -2.30. The zero-order valence-corrected chi connectivity index (χ0v) is 64.0. The van der Waals surface area contributed by atoms with Gasteiger partial charge in [0.2, 0.25) is 0 Å². The molecule has 19 heteroatoms. The van der Waals surface area contributed by atoms with Crippen LogP contribution in [-0.4, -0.2) is 96.7 Å². The summed E-state index contributed by atoms with van der Waals surface area (Å²) < 4.78 is 68.5. The molecule has 0 saturated heterocycles. The number of rotatable bonds is 74. The van der Waals surface area contributed by atoms with E-state index in [4.69, 9.17) is 37.0 Å². The molecule has 0 fully saturated rings. The molecule has 98 heavy (non-hydrogen) atoms. The fourth-order valence-electron chi connectivity index (χ4n) is 10.7. The van der Waals surface area contributed by atoms with Crippen LogP contribution >= 0.6 is 15.6 Å². The molecule has 2 unspecified atom stereocenters. The van der Waals surface area contributed by atoms with E-state index in [1.807, 2.05) is 12.2 Å². The van der Waals surface area contributed by atoms with E-state index in [-0.39, 0.29) is 25.7 Å². The quantitative estimate of drug-likeness (QED) is 0.0128. The fraction of sp³-hybridized carbons (Fsp3) is 0.797. The predicted octanol–water partition coefficient (Wildman–Crippen LogP) is 22.4. The summed E-state index contributed by atoms with van der Waals surface area (Å²) in [6.45, 7) is 4.80. The van der Waals surface area contributed by atoms with Gasteiger partial charge in [0.1, 0.15) is 19.3 Å². The molecule has 0 spiro atoms. The lowest BCUT2D eigenvalue weighted by atomic mass is 10.0. The van der Waals surface area contributed by atoms with E-state index in [0.29, 0.717) is 32.1 Å². The van der Waals surface area contributed by atoms with Crippen LogP contribution in [0.2, 0.25) is 0 Å². The Morgan fingerprint density at radius 2 is 0.541 bits per heavy atom. The Kier molecular flexibility index (Phi) is 69.3. The van der Waals surface area contributed by atoms with Crippen LogP contribution in [-0.2, 0) is 65.4 Å². The minimum Gasteiger partial charge on any atom is -0.462 e. The first-order chi connectivity index (χ1) is 47.7. The van der Waals surface area contributed by atoms with E-state index < -0.39 is 97.5 Å². The SMILES string of the molecule is CCCCC/C=C\C/C=C\C/C=C\C/C=C\CCCC(=O)OC[C@H](COP(=O)(O)OC[C@H](O)COP(=O)(O)OC[C@@H](COC(=O)CCCCCCCCCCCCCCC)OC(=O)CCCCCCCCCCCCCCC)OC(=O)CCCCCCC/C=C\C=C/CCCCCC. The van der Waals surface area contributed by atoms with Crippen LogP contribution in [0.5, 0.6) is 0 Å². The number of allylic oxidation sites excluding steroid dienone is 12. The third kappa shape index (κ3) is 70.9. The molecule has 0 aromatic rings. The summed E-state index contributed by atoms with van der Waals surface area (Å²) in [4.78, 5) is 72.8. The highest BCUT2D eigenvalue weighted by molar-refractivity contribution is 7.47. The van der Waals surface area contributed by atoms with Gasteiger partial charge in [0, 0.05) is 25.7 Å². The highest BCUT2D eigenvalue weighted by atomic mass is 31.2. The van der Waals surface area contributed by atoms with E-state index in [9.17, 15) is 43.2 Å². The van der Waals surface area contributed by atoms with Gasteiger partial charge in [0.15, 0.2) is 12.2 Å². The summed E-state index contributed by atoms with van der Waals surface area (Å²) in [5.74, 6) is -2.23. The second kappa shape index (κ2) is 71.9. The second-order valence-corrected chi connectivity index (χ2v) is 29.2. The Bertz CT molecular complexity index is 2140. The van der Waals surface area contributed by atoms with Crippen molar-refractivity contribution in [3.8, 4) is 0 Å². The molecule has 0 radical (unpaired) electrons. The van der Waals surface area contributed by atoms with E-state index in [1.54, 1.807) is 0 Å². The van der Waals surface area contributed by atoms with Crippen molar-refractivity contribution in [3.05, 3.63) is 72.9 Å². The molecule has 0 bridgehead atoms. The molecule has 0 aliphatic rings. The highest BCUT2D eigenvalue weighted by Crippen LogP contribution is 2.45. The van der Waals surface area contributed by atoms with E-state index in [1.165, 1.54) is 154 Å². The molecule has 0 aliphatic carbocycles. The zero-order chi connectivity index (χ0) is 71.8. The van der Waals surface area contributed by atoms with Gasteiger partial charge >= 0.3 is 39.5 Å². The molecule has 17 nitrogen and oxygen atoms in total. The van der Waals surface area contributed by atoms with Crippen molar-refractivity contribution in [2.75, 3.05) is 39.6 Å². The van der Waals surface area contributed by atoms with Crippen molar-refractivity contribution in [2.45, 2.75) is 367 Å². The minimum atomic E-state index is -4.98. The number of aliphatic hydroxyl groups is 1. The van der Waals surface area contributed by atoms with Crippen LogP contribution in [0.25, 0.3) is 0 Å². The number of carbonyl (C=O) groups excluding carboxylic acids is 4. The molecule has 570 valence electrons. The summed E-state index contributed by atoms with van der Waals surface area (Å²) in [5.41, 5.74) is 0. The van der Waals surface area contributed by atoms with Gasteiger partial charge in [-0.15, -0.1) is 0 Å². The molecular weight excluding hydrogens is 1280 g/mol. The van der Waals surface area contributed by atoms with Crippen LogP contribution in [0, 0.1) is 0 Å². The van der Waals surface area contributed by atoms with E-state index >= 15 is 0 Å². The standard InChI is InChI=1S/C79H142O17P2/c1-5-9-13-17-21-25-29-33-35-36-38-41-44-48-52-56-60-64-77(82)90-70-75(96-79(84)66-62-58-54-50-46-42-37-34-30-26-22-18-14-10-6-2)72-94-98(87,88)92-68-73(80)67-91-97(85,86)93-71-74(95-78(83)65-61-57-53-49-45-40-32-28-24-20-16-12-8-4)69-89-76(81)63-59-55-51-47-43-39-31-27-23-19-15-11-7-3/h21,25-26,30,33-35,37-38,41,48,52,73-75,80H,5-20,22-24,27-29,31-32,36,39-40,42-47,49-51,53-72H2,1-4H3,(H,85,86)(H,87,88)/b25-21-,30-26-,35-33-,37-34-,41-38-,52-48-/t73-,74-,75-/m1/s1. The molecule has 0 rings (SSSR count). The van der Waals surface area contributed by atoms with Crippen molar-refractivity contribution >= 4 is 39.5 Å². The maximum atomic E-state index is 13.1. The highest BCUT2D eigenvalue weighted by Gasteiger charge is 2.30. The molecule has 0 amide bonds. The number of hydrogen-bond donors (Lipinski definition) is 3. The van der Waals surface area contributed by atoms with E-state index in [0.717, 1.165) is 109 Å². The van der Waals surface area contributed by atoms with Crippen molar-refractivity contribution < 1.29 is 80.2 Å². The van der Waals surface area contributed by atoms with Crippen LogP contribution in [0.4, 0.5) is 0 Å². The van der Waals surface area contributed by atoms with Gasteiger partial charge in [-0.3, -0.25) is 37.3 Å². The topological polar surface area (TPSA) is 237 Å². The summed E-state index contributed by atoms with van der Waals surface area (Å²) >= 11 is 0. The molecule has 3 N–H and O–H groups in total. The lowest BCUT2D eigenvalue weighted by molar-refractivity contribution is -0.161. The van der Waals surface area contributed by atoms with Crippen LogP contribution in [0.3, 0.4) is 0 Å². The molecule has 0 aromatic carbocycles. The number of hydrogen-bond acceptors (Lipinski definition) is 15. The monoisotopic (exact) mass is 1420 g/mol. The Morgan fingerprint density at radius 1 is 0.296 bits per heavy atom. The smallest absolute Gasteiger partial charge is 0.462 e.